The molecule has 0 aliphatic carbocycles. The predicted molar refractivity (Wildman–Crippen MR) is 83.5 cm³/mol. The maximum absolute atomic E-state index is 11.8. The summed E-state index contributed by atoms with van der Waals surface area (Å²) in [5, 5.41) is 0. The molecular formula is C16H18N2O5. The van der Waals surface area contributed by atoms with Gasteiger partial charge in [-0.1, -0.05) is 12.7 Å². The normalized spacial score (nSPS) is 9.96. The van der Waals surface area contributed by atoms with Crippen molar-refractivity contribution in [2.45, 2.75) is 6.92 Å². The van der Waals surface area contributed by atoms with Crippen molar-refractivity contribution in [2.75, 3.05) is 13.2 Å². The molecule has 0 atom stereocenters. The van der Waals surface area contributed by atoms with Crippen LogP contribution in [0.4, 0.5) is 0 Å². The third-order valence-corrected chi connectivity index (χ3v) is 2.44. The molecule has 1 aromatic carbocycles. The van der Waals surface area contributed by atoms with E-state index in [0.29, 0.717) is 17.9 Å². The monoisotopic (exact) mass is 318 g/mol. The Morgan fingerprint density at radius 1 is 1.13 bits per heavy atom. The largest absolute Gasteiger partial charge is 0.490 e. The molecule has 1 rings (SSSR count). The number of hydrogen-bond acceptors (Lipinski definition) is 5. The Labute approximate surface area is 133 Å². The van der Waals surface area contributed by atoms with Gasteiger partial charge in [-0.15, -0.1) is 0 Å². The highest BCUT2D eigenvalue weighted by atomic mass is 16.5. The van der Waals surface area contributed by atoms with Gasteiger partial charge in [-0.2, -0.15) is 0 Å². The number of esters is 1. The van der Waals surface area contributed by atoms with E-state index in [4.69, 9.17) is 4.74 Å². The SMILES string of the molecule is C=CCOc1ccc(C(=O)NNC(=O)/C=C/C(=O)OCC)cc1. The zero-order valence-corrected chi connectivity index (χ0v) is 12.7. The molecule has 23 heavy (non-hydrogen) atoms. The van der Waals surface area contributed by atoms with Crippen molar-refractivity contribution in [3.8, 4) is 5.75 Å². The van der Waals surface area contributed by atoms with Crippen LogP contribution in [0, 0.1) is 0 Å². The molecule has 0 heterocycles. The Bertz CT molecular complexity index is 593. The van der Waals surface area contributed by atoms with E-state index < -0.39 is 17.8 Å². The number of amides is 2. The lowest BCUT2D eigenvalue weighted by Gasteiger charge is -2.07. The average molecular weight is 318 g/mol. The first-order valence-corrected chi connectivity index (χ1v) is 6.85. The Balaban J connectivity index is 2.45. The second-order valence-electron chi connectivity index (χ2n) is 4.15. The van der Waals surface area contributed by atoms with E-state index in [-0.39, 0.29) is 6.61 Å². The van der Waals surface area contributed by atoms with Crippen LogP contribution in [-0.4, -0.2) is 31.0 Å². The van der Waals surface area contributed by atoms with E-state index in [0.717, 1.165) is 12.2 Å². The molecule has 7 nitrogen and oxygen atoms in total. The van der Waals surface area contributed by atoms with Gasteiger partial charge in [0.2, 0.25) is 0 Å². The van der Waals surface area contributed by atoms with Crippen molar-refractivity contribution < 1.29 is 23.9 Å². The Morgan fingerprint density at radius 2 is 1.83 bits per heavy atom. The van der Waals surface area contributed by atoms with E-state index in [1.165, 1.54) is 0 Å². The Morgan fingerprint density at radius 3 is 2.43 bits per heavy atom. The molecule has 7 heteroatoms. The van der Waals surface area contributed by atoms with Gasteiger partial charge in [0.1, 0.15) is 12.4 Å². The molecule has 122 valence electrons. The summed E-state index contributed by atoms with van der Waals surface area (Å²) in [6.45, 7) is 5.77. The van der Waals surface area contributed by atoms with Crippen molar-refractivity contribution in [3.63, 3.8) is 0 Å². The number of carbonyl (C=O) groups excluding carboxylic acids is 3. The third kappa shape index (κ3) is 6.94. The van der Waals surface area contributed by atoms with E-state index in [2.05, 4.69) is 22.2 Å². The second-order valence-corrected chi connectivity index (χ2v) is 4.15. The fourth-order valence-corrected chi connectivity index (χ4v) is 1.42. The van der Waals surface area contributed by atoms with Crippen molar-refractivity contribution in [1.82, 2.24) is 10.9 Å². The molecule has 0 spiro atoms. The summed E-state index contributed by atoms with van der Waals surface area (Å²) in [5.74, 6) is -1.19. The molecule has 0 fully saturated rings. The van der Waals surface area contributed by atoms with E-state index in [1.807, 2.05) is 0 Å². The third-order valence-electron chi connectivity index (χ3n) is 2.44. The van der Waals surface area contributed by atoms with Crippen molar-refractivity contribution in [3.05, 3.63) is 54.6 Å². The average Bonchev–Trinajstić information content (AvgIpc) is 2.56. The van der Waals surface area contributed by atoms with Crippen LogP contribution in [0.25, 0.3) is 0 Å². The van der Waals surface area contributed by atoms with Gasteiger partial charge in [0.25, 0.3) is 11.8 Å². The van der Waals surface area contributed by atoms with Crippen LogP contribution in [0.5, 0.6) is 5.75 Å². The summed E-state index contributed by atoms with van der Waals surface area (Å²) in [6, 6.07) is 6.35. The van der Waals surface area contributed by atoms with Crippen LogP contribution in [0.3, 0.4) is 0 Å². The zero-order chi connectivity index (χ0) is 17.1. The first-order chi connectivity index (χ1) is 11.1. The minimum absolute atomic E-state index is 0.216. The number of benzene rings is 1. The van der Waals surface area contributed by atoms with Crippen LogP contribution in [-0.2, 0) is 14.3 Å². The van der Waals surface area contributed by atoms with Crippen molar-refractivity contribution in [2.24, 2.45) is 0 Å². The minimum Gasteiger partial charge on any atom is -0.490 e. The van der Waals surface area contributed by atoms with Gasteiger partial charge in [0.05, 0.1) is 6.61 Å². The van der Waals surface area contributed by atoms with Gasteiger partial charge in [0, 0.05) is 17.7 Å². The number of hydrazine groups is 1. The summed E-state index contributed by atoms with van der Waals surface area (Å²) >= 11 is 0. The van der Waals surface area contributed by atoms with E-state index in [9.17, 15) is 14.4 Å². The number of nitrogens with one attached hydrogen (secondary N) is 2. The van der Waals surface area contributed by atoms with Gasteiger partial charge < -0.3 is 9.47 Å². The molecule has 0 aliphatic rings. The fourth-order valence-electron chi connectivity index (χ4n) is 1.42. The number of hydrogen-bond donors (Lipinski definition) is 2. The topological polar surface area (TPSA) is 93.7 Å². The standard InChI is InChI=1S/C16H18N2O5/c1-3-11-23-13-7-5-12(6-8-13)16(21)18-17-14(19)9-10-15(20)22-4-2/h3,5-10H,1,4,11H2,2H3,(H,17,19)(H,18,21)/b10-9+. The Hall–Kier alpha value is -3.09. The molecule has 0 saturated heterocycles. The Kier molecular flexibility index (Phi) is 7.63. The van der Waals surface area contributed by atoms with Crippen LogP contribution in [0.2, 0.25) is 0 Å². The van der Waals surface area contributed by atoms with Crippen LogP contribution in [0.1, 0.15) is 17.3 Å². The zero-order valence-electron chi connectivity index (χ0n) is 12.7. The lowest BCUT2D eigenvalue weighted by Crippen LogP contribution is -2.40. The van der Waals surface area contributed by atoms with Crippen LogP contribution < -0.4 is 15.6 Å². The minimum atomic E-state index is -0.655. The van der Waals surface area contributed by atoms with Gasteiger partial charge >= 0.3 is 5.97 Å². The smallest absolute Gasteiger partial charge is 0.330 e. The molecular weight excluding hydrogens is 300 g/mol. The lowest BCUT2D eigenvalue weighted by atomic mass is 10.2. The van der Waals surface area contributed by atoms with Crippen LogP contribution in [0.15, 0.2) is 49.1 Å². The molecule has 0 bridgehead atoms. The van der Waals surface area contributed by atoms with Crippen molar-refractivity contribution >= 4 is 17.8 Å². The molecule has 0 aliphatic heterocycles. The quantitative estimate of drug-likeness (QED) is 0.340. The van der Waals surface area contributed by atoms with E-state index >= 15 is 0 Å². The maximum atomic E-state index is 11.8. The summed E-state index contributed by atoms with van der Waals surface area (Å²) < 4.78 is 9.91. The molecule has 2 N–H and O–H groups in total. The highest BCUT2D eigenvalue weighted by Gasteiger charge is 2.06. The predicted octanol–water partition coefficient (Wildman–Crippen LogP) is 1.13. The molecule has 0 unspecified atom stereocenters. The highest BCUT2D eigenvalue weighted by molar-refractivity contribution is 5.98. The van der Waals surface area contributed by atoms with Gasteiger partial charge in [-0.05, 0) is 31.2 Å². The number of ether oxygens (including phenoxy) is 2. The van der Waals surface area contributed by atoms with Crippen LogP contribution >= 0.6 is 0 Å². The van der Waals surface area contributed by atoms with Gasteiger partial charge in [-0.25, -0.2) is 4.79 Å². The lowest BCUT2D eigenvalue weighted by molar-refractivity contribution is -0.137. The summed E-state index contributed by atoms with van der Waals surface area (Å²) in [4.78, 5) is 34.2. The molecule has 1 aromatic rings. The van der Waals surface area contributed by atoms with E-state index in [1.54, 1.807) is 37.3 Å². The first kappa shape index (κ1) is 18.0. The van der Waals surface area contributed by atoms with Crippen molar-refractivity contribution in [1.29, 1.82) is 0 Å². The van der Waals surface area contributed by atoms with Gasteiger partial charge in [0.15, 0.2) is 0 Å². The molecule has 0 saturated carbocycles. The molecule has 0 aromatic heterocycles. The van der Waals surface area contributed by atoms with Gasteiger partial charge in [-0.3, -0.25) is 20.4 Å². The number of rotatable bonds is 7. The first-order valence-electron chi connectivity index (χ1n) is 6.85. The summed E-state index contributed by atoms with van der Waals surface area (Å²) in [5.41, 5.74) is 4.71. The molecule has 0 radical (unpaired) electrons. The summed E-state index contributed by atoms with van der Waals surface area (Å²) in [6.07, 6.45) is 3.54. The number of carbonyl (C=O) groups is 3. The summed E-state index contributed by atoms with van der Waals surface area (Å²) in [7, 11) is 0. The fraction of sp³-hybridized carbons (Fsp3) is 0.188. The maximum Gasteiger partial charge on any atom is 0.330 e. The molecule has 2 amide bonds. The second kappa shape index (κ2) is 9.78. The highest BCUT2D eigenvalue weighted by Crippen LogP contribution is 2.11.